The lowest BCUT2D eigenvalue weighted by Crippen LogP contribution is -2.49. The van der Waals surface area contributed by atoms with Crippen LogP contribution < -0.4 is 10.6 Å². The molecule has 7 nitrogen and oxygen atoms in total. The van der Waals surface area contributed by atoms with E-state index in [1.54, 1.807) is 20.8 Å². The van der Waals surface area contributed by atoms with Gasteiger partial charge in [0, 0.05) is 13.0 Å². The molecule has 0 bridgehead atoms. The van der Waals surface area contributed by atoms with Gasteiger partial charge in [-0.15, -0.1) is 0 Å². The third-order valence-electron chi connectivity index (χ3n) is 2.18. The number of amides is 2. The molecule has 122 valence electrons. The predicted octanol–water partition coefficient (Wildman–Crippen LogP) is 1.52. The van der Waals surface area contributed by atoms with E-state index in [1.807, 2.05) is 20.8 Å². The molecule has 0 rings (SSSR count). The maximum Gasteiger partial charge on any atom is 0.408 e. The second-order valence-electron chi connectivity index (χ2n) is 7.08. The Labute approximate surface area is 125 Å². The maximum atomic E-state index is 11.7. The van der Waals surface area contributed by atoms with E-state index in [-0.39, 0.29) is 24.3 Å². The monoisotopic (exact) mass is 302 g/mol. The molecule has 0 aliphatic rings. The molecule has 7 heteroatoms. The summed E-state index contributed by atoms with van der Waals surface area (Å²) in [5.74, 6) is -1.50. The highest BCUT2D eigenvalue weighted by Crippen LogP contribution is 2.17. The van der Waals surface area contributed by atoms with Gasteiger partial charge < -0.3 is 20.5 Å². The van der Waals surface area contributed by atoms with Crippen molar-refractivity contribution in [2.45, 2.75) is 59.6 Å². The first-order valence-corrected chi connectivity index (χ1v) is 6.79. The largest absolute Gasteiger partial charge is 0.480 e. The van der Waals surface area contributed by atoms with E-state index in [2.05, 4.69) is 10.6 Å². The molecule has 3 N–H and O–H groups in total. The van der Waals surface area contributed by atoms with Crippen LogP contribution in [-0.4, -0.2) is 41.3 Å². The normalized spacial score (nSPS) is 13.2. The predicted molar refractivity (Wildman–Crippen MR) is 77.9 cm³/mol. The zero-order chi connectivity index (χ0) is 16.8. The van der Waals surface area contributed by atoms with Gasteiger partial charge in [0.25, 0.3) is 0 Å². The van der Waals surface area contributed by atoms with Crippen molar-refractivity contribution < 1.29 is 24.2 Å². The van der Waals surface area contributed by atoms with E-state index in [9.17, 15) is 14.4 Å². The number of carbonyl (C=O) groups is 3. The van der Waals surface area contributed by atoms with Gasteiger partial charge in [0.05, 0.1) is 0 Å². The Morgan fingerprint density at radius 1 is 1.10 bits per heavy atom. The van der Waals surface area contributed by atoms with E-state index >= 15 is 0 Å². The molecule has 21 heavy (non-hydrogen) atoms. The van der Waals surface area contributed by atoms with Crippen LogP contribution in [0.25, 0.3) is 0 Å². The van der Waals surface area contributed by atoms with Crippen LogP contribution in [0, 0.1) is 5.41 Å². The standard InChI is InChI=1S/C14H26N2O5/c1-13(2,3)7-10(17)15-8-9(11(18)19)16-12(20)21-14(4,5)6/h9H,7-8H2,1-6H3,(H,15,17)(H,16,20)(H,18,19). The minimum Gasteiger partial charge on any atom is -0.480 e. The lowest BCUT2D eigenvalue weighted by molar-refractivity contribution is -0.139. The summed E-state index contributed by atoms with van der Waals surface area (Å²) in [5.41, 5.74) is -0.913. The van der Waals surface area contributed by atoms with Gasteiger partial charge in [-0.3, -0.25) is 4.79 Å². The van der Waals surface area contributed by atoms with Crippen LogP contribution >= 0.6 is 0 Å². The lowest BCUT2D eigenvalue weighted by Gasteiger charge is -2.22. The van der Waals surface area contributed by atoms with Gasteiger partial charge in [-0.05, 0) is 26.2 Å². The van der Waals surface area contributed by atoms with Crippen molar-refractivity contribution in [3.8, 4) is 0 Å². The summed E-state index contributed by atoms with van der Waals surface area (Å²) in [6.07, 6.45) is -0.564. The Bertz CT molecular complexity index is 393. The van der Waals surface area contributed by atoms with Gasteiger partial charge >= 0.3 is 12.1 Å². The Kier molecular flexibility index (Phi) is 6.66. The first-order valence-electron chi connectivity index (χ1n) is 6.79. The highest BCUT2D eigenvalue weighted by molar-refractivity contribution is 5.82. The fourth-order valence-corrected chi connectivity index (χ4v) is 1.41. The molecule has 0 aliphatic heterocycles. The molecule has 0 aromatic carbocycles. The topological polar surface area (TPSA) is 105 Å². The second-order valence-corrected chi connectivity index (χ2v) is 7.08. The summed E-state index contributed by atoms with van der Waals surface area (Å²) in [6.45, 7) is 10.5. The zero-order valence-corrected chi connectivity index (χ0v) is 13.6. The average Bonchev–Trinajstić information content (AvgIpc) is 2.18. The first kappa shape index (κ1) is 19.2. The molecule has 0 saturated heterocycles. The lowest BCUT2D eigenvalue weighted by atomic mass is 9.92. The maximum absolute atomic E-state index is 11.7. The molecule has 0 saturated carbocycles. The molecule has 1 atom stereocenters. The molecular formula is C14H26N2O5. The van der Waals surface area contributed by atoms with E-state index in [0.29, 0.717) is 0 Å². The van der Waals surface area contributed by atoms with Crippen molar-refractivity contribution in [2.24, 2.45) is 5.41 Å². The van der Waals surface area contributed by atoms with Crippen LogP contribution in [0.4, 0.5) is 4.79 Å². The third kappa shape index (κ3) is 10.6. The molecule has 0 heterocycles. The molecule has 0 aromatic heterocycles. The van der Waals surface area contributed by atoms with Crippen LogP contribution in [0.5, 0.6) is 0 Å². The van der Waals surface area contributed by atoms with E-state index in [1.165, 1.54) is 0 Å². The summed E-state index contributed by atoms with van der Waals surface area (Å²) < 4.78 is 4.98. The van der Waals surface area contributed by atoms with E-state index in [4.69, 9.17) is 9.84 Å². The molecule has 1 unspecified atom stereocenters. The number of carboxylic acids is 1. The quantitative estimate of drug-likeness (QED) is 0.714. The Balaban J connectivity index is 4.42. The third-order valence-corrected chi connectivity index (χ3v) is 2.18. The van der Waals surface area contributed by atoms with Gasteiger partial charge in [-0.1, -0.05) is 20.8 Å². The molecule has 0 spiro atoms. The first-order chi connectivity index (χ1) is 9.30. The van der Waals surface area contributed by atoms with Crippen molar-refractivity contribution in [3.63, 3.8) is 0 Å². The number of alkyl carbamates (subject to hydrolysis) is 1. The van der Waals surface area contributed by atoms with E-state index < -0.39 is 23.7 Å². The molecule has 2 amide bonds. The summed E-state index contributed by atoms with van der Waals surface area (Å²) >= 11 is 0. The van der Waals surface area contributed by atoms with Crippen LogP contribution in [0.1, 0.15) is 48.0 Å². The van der Waals surface area contributed by atoms with Crippen molar-refractivity contribution in [3.05, 3.63) is 0 Å². The number of aliphatic carboxylic acids is 1. The molecule has 0 aromatic rings. The number of ether oxygens (including phenoxy) is 1. The molecular weight excluding hydrogens is 276 g/mol. The fraction of sp³-hybridized carbons (Fsp3) is 0.786. The molecule has 0 aliphatic carbocycles. The average molecular weight is 302 g/mol. The summed E-state index contributed by atoms with van der Waals surface area (Å²) in [5, 5.41) is 13.8. The fourth-order valence-electron chi connectivity index (χ4n) is 1.41. The SMILES string of the molecule is CC(C)(C)CC(=O)NCC(NC(=O)OC(C)(C)C)C(=O)O. The summed E-state index contributed by atoms with van der Waals surface area (Å²) in [7, 11) is 0. The van der Waals surface area contributed by atoms with Crippen LogP contribution in [0.2, 0.25) is 0 Å². The minimum atomic E-state index is -1.24. The Morgan fingerprint density at radius 2 is 1.62 bits per heavy atom. The molecule has 0 radical (unpaired) electrons. The van der Waals surface area contributed by atoms with Crippen molar-refractivity contribution in [2.75, 3.05) is 6.54 Å². The molecule has 0 fully saturated rings. The smallest absolute Gasteiger partial charge is 0.408 e. The van der Waals surface area contributed by atoms with Crippen molar-refractivity contribution in [1.82, 2.24) is 10.6 Å². The van der Waals surface area contributed by atoms with Gasteiger partial charge in [-0.25, -0.2) is 9.59 Å². The van der Waals surface area contributed by atoms with Crippen molar-refractivity contribution >= 4 is 18.0 Å². The van der Waals surface area contributed by atoms with Crippen LogP contribution in [-0.2, 0) is 14.3 Å². The Morgan fingerprint density at radius 3 is 2.00 bits per heavy atom. The Hall–Kier alpha value is -1.79. The highest BCUT2D eigenvalue weighted by Gasteiger charge is 2.25. The van der Waals surface area contributed by atoms with Gasteiger partial charge in [0.2, 0.25) is 5.91 Å². The minimum absolute atomic E-state index is 0.191. The summed E-state index contributed by atoms with van der Waals surface area (Å²) in [6, 6.07) is -1.23. The number of carboxylic acid groups (broad SMARTS) is 1. The number of rotatable bonds is 5. The number of nitrogens with one attached hydrogen (secondary N) is 2. The van der Waals surface area contributed by atoms with Crippen LogP contribution in [0.3, 0.4) is 0 Å². The van der Waals surface area contributed by atoms with Gasteiger partial charge in [0.15, 0.2) is 0 Å². The van der Waals surface area contributed by atoms with Crippen LogP contribution in [0.15, 0.2) is 0 Å². The summed E-state index contributed by atoms with van der Waals surface area (Å²) in [4.78, 5) is 34.3. The van der Waals surface area contributed by atoms with Crippen molar-refractivity contribution in [1.29, 1.82) is 0 Å². The zero-order valence-electron chi connectivity index (χ0n) is 13.6. The number of carbonyl (C=O) groups excluding carboxylic acids is 2. The van der Waals surface area contributed by atoms with Gasteiger partial charge in [0.1, 0.15) is 11.6 Å². The highest BCUT2D eigenvalue weighted by atomic mass is 16.6. The number of hydrogen-bond donors (Lipinski definition) is 3. The van der Waals surface area contributed by atoms with Gasteiger partial charge in [-0.2, -0.15) is 0 Å². The second kappa shape index (κ2) is 7.28. The number of hydrogen-bond acceptors (Lipinski definition) is 4. The van der Waals surface area contributed by atoms with E-state index in [0.717, 1.165) is 0 Å².